The molecule has 1 atom stereocenters. The van der Waals surface area contributed by atoms with Gasteiger partial charge in [0.15, 0.2) is 0 Å². The molecule has 0 aromatic carbocycles. The van der Waals surface area contributed by atoms with Crippen molar-refractivity contribution < 1.29 is 0 Å². The fourth-order valence-electron chi connectivity index (χ4n) is 2.12. The van der Waals surface area contributed by atoms with Crippen molar-refractivity contribution in [2.24, 2.45) is 5.92 Å². The van der Waals surface area contributed by atoms with Crippen molar-refractivity contribution in [2.45, 2.75) is 77.6 Å². The van der Waals surface area contributed by atoms with Crippen LogP contribution in [-0.4, -0.2) is 0 Å². The maximum atomic E-state index is 9.06. The zero-order valence-electron chi connectivity index (χ0n) is 11.6. The highest BCUT2D eigenvalue weighted by atomic mass is 14.3. The Labute approximate surface area is 108 Å². The molecule has 1 nitrogen and oxygen atoms in total. The van der Waals surface area contributed by atoms with Gasteiger partial charge in [-0.25, -0.2) is 0 Å². The minimum absolute atomic E-state index is 0.311. The summed E-state index contributed by atoms with van der Waals surface area (Å²) >= 11 is 0. The first kappa shape index (κ1) is 16.2. The number of unbranched alkanes of at least 4 members (excludes halogenated alkanes) is 7. The third-order valence-electron chi connectivity index (χ3n) is 3.30. The third kappa shape index (κ3) is 11.5. The van der Waals surface area contributed by atoms with Gasteiger partial charge in [-0.1, -0.05) is 57.9 Å². The first-order chi connectivity index (χ1) is 8.35. The summed E-state index contributed by atoms with van der Waals surface area (Å²) in [5, 5.41) is 9.06. The van der Waals surface area contributed by atoms with Crippen LogP contribution in [0.3, 0.4) is 0 Å². The summed E-state index contributed by atoms with van der Waals surface area (Å²) < 4.78 is 0. The summed E-state index contributed by atoms with van der Waals surface area (Å²) in [5.41, 5.74) is 0. The Hall–Kier alpha value is -0.770. The zero-order chi connectivity index (χ0) is 12.8. The van der Waals surface area contributed by atoms with E-state index in [1.54, 1.807) is 0 Å². The standard InChI is InChI=1S/C16H29N/c1-3-5-7-9-10-12-14-16(15-17)13-11-8-6-4-2/h3,16H,1,4-14H2,2H3. The van der Waals surface area contributed by atoms with E-state index >= 15 is 0 Å². The highest BCUT2D eigenvalue weighted by Crippen LogP contribution is 2.17. The molecule has 0 aromatic heterocycles. The van der Waals surface area contributed by atoms with Crippen molar-refractivity contribution in [3.8, 4) is 6.07 Å². The average Bonchev–Trinajstić information content (AvgIpc) is 2.36. The van der Waals surface area contributed by atoms with Gasteiger partial charge in [0.2, 0.25) is 0 Å². The van der Waals surface area contributed by atoms with Crippen LogP contribution in [-0.2, 0) is 0 Å². The SMILES string of the molecule is C=CCCCCCCC(C#N)CCCCCC. The van der Waals surface area contributed by atoms with Crippen molar-refractivity contribution >= 4 is 0 Å². The van der Waals surface area contributed by atoms with Gasteiger partial charge in [-0.2, -0.15) is 5.26 Å². The molecule has 0 saturated heterocycles. The van der Waals surface area contributed by atoms with Crippen LogP contribution < -0.4 is 0 Å². The molecule has 1 heteroatoms. The molecule has 0 aliphatic carbocycles. The summed E-state index contributed by atoms with van der Waals surface area (Å²) in [6, 6.07) is 2.46. The van der Waals surface area contributed by atoms with Crippen molar-refractivity contribution in [3.05, 3.63) is 12.7 Å². The lowest BCUT2D eigenvalue weighted by molar-refractivity contribution is 0.479. The van der Waals surface area contributed by atoms with Crippen LogP contribution in [0.15, 0.2) is 12.7 Å². The summed E-state index contributed by atoms with van der Waals surface area (Å²) in [5.74, 6) is 0.311. The third-order valence-corrected chi connectivity index (χ3v) is 3.30. The predicted molar refractivity (Wildman–Crippen MR) is 75.8 cm³/mol. The van der Waals surface area contributed by atoms with Crippen LogP contribution in [0.4, 0.5) is 0 Å². The Morgan fingerprint density at radius 2 is 1.59 bits per heavy atom. The first-order valence-corrected chi connectivity index (χ1v) is 7.35. The van der Waals surface area contributed by atoms with Crippen LogP contribution >= 0.6 is 0 Å². The largest absolute Gasteiger partial charge is 0.198 e. The van der Waals surface area contributed by atoms with Crippen LogP contribution in [0.1, 0.15) is 77.6 Å². The van der Waals surface area contributed by atoms with Crippen molar-refractivity contribution in [3.63, 3.8) is 0 Å². The molecule has 0 heterocycles. The maximum Gasteiger partial charge on any atom is 0.0655 e. The van der Waals surface area contributed by atoms with E-state index in [-0.39, 0.29) is 0 Å². The molecule has 0 aliphatic rings. The van der Waals surface area contributed by atoms with Crippen LogP contribution in [0, 0.1) is 17.2 Å². The molecular formula is C16H29N. The summed E-state index contributed by atoms with van der Waals surface area (Å²) in [7, 11) is 0. The van der Waals surface area contributed by atoms with Gasteiger partial charge < -0.3 is 0 Å². The van der Waals surface area contributed by atoms with E-state index in [1.165, 1.54) is 51.4 Å². The highest BCUT2D eigenvalue weighted by molar-refractivity contribution is 4.82. The van der Waals surface area contributed by atoms with Gasteiger partial charge in [0.1, 0.15) is 0 Å². The van der Waals surface area contributed by atoms with Gasteiger partial charge in [0.05, 0.1) is 6.07 Å². The Balaban J connectivity index is 3.35. The molecular weight excluding hydrogens is 206 g/mol. The van der Waals surface area contributed by atoms with E-state index in [2.05, 4.69) is 19.6 Å². The minimum atomic E-state index is 0.311. The molecule has 0 spiro atoms. The van der Waals surface area contributed by atoms with E-state index in [1.807, 2.05) is 6.08 Å². The zero-order valence-corrected chi connectivity index (χ0v) is 11.6. The summed E-state index contributed by atoms with van der Waals surface area (Å²) in [6.07, 6.45) is 15.5. The Morgan fingerprint density at radius 1 is 1.00 bits per heavy atom. The molecule has 0 fully saturated rings. The molecule has 98 valence electrons. The second kappa shape index (κ2) is 13.3. The monoisotopic (exact) mass is 235 g/mol. The molecule has 0 amide bonds. The lowest BCUT2D eigenvalue weighted by atomic mass is 9.96. The van der Waals surface area contributed by atoms with E-state index in [4.69, 9.17) is 5.26 Å². The normalized spacial score (nSPS) is 12.0. The molecule has 0 aromatic rings. The number of nitrogens with zero attached hydrogens (tertiary/aromatic N) is 1. The molecule has 0 saturated carbocycles. The van der Waals surface area contributed by atoms with Gasteiger partial charge >= 0.3 is 0 Å². The van der Waals surface area contributed by atoms with Crippen LogP contribution in [0.5, 0.6) is 0 Å². The molecule has 0 N–H and O–H groups in total. The van der Waals surface area contributed by atoms with Gasteiger partial charge in [-0.3, -0.25) is 0 Å². The smallest absolute Gasteiger partial charge is 0.0655 e. The lowest BCUT2D eigenvalue weighted by Crippen LogP contribution is -1.97. The summed E-state index contributed by atoms with van der Waals surface area (Å²) in [6.45, 7) is 5.95. The van der Waals surface area contributed by atoms with E-state index in [9.17, 15) is 0 Å². The van der Waals surface area contributed by atoms with E-state index in [0.717, 1.165) is 19.3 Å². The maximum absolute atomic E-state index is 9.06. The van der Waals surface area contributed by atoms with Crippen molar-refractivity contribution in [1.82, 2.24) is 0 Å². The molecule has 17 heavy (non-hydrogen) atoms. The van der Waals surface area contributed by atoms with Gasteiger partial charge in [0.25, 0.3) is 0 Å². The molecule has 0 rings (SSSR count). The van der Waals surface area contributed by atoms with Crippen molar-refractivity contribution in [2.75, 3.05) is 0 Å². The van der Waals surface area contributed by atoms with Gasteiger partial charge in [-0.15, -0.1) is 6.58 Å². The van der Waals surface area contributed by atoms with Gasteiger partial charge in [-0.05, 0) is 25.7 Å². The summed E-state index contributed by atoms with van der Waals surface area (Å²) in [4.78, 5) is 0. The molecule has 0 bridgehead atoms. The molecule has 0 radical (unpaired) electrons. The molecule has 1 unspecified atom stereocenters. The number of allylic oxidation sites excluding steroid dienone is 1. The fraction of sp³-hybridized carbons (Fsp3) is 0.812. The number of nitriles is 1. The number of hydrogen-bond acceptors (Lipinski definition) is 1. The van der Waals surface area contributed by atoms with Gasteiger partial charge in [0, 0.05) is 5.92 Å². The van der Waals surface area contributed by atoms with E-state index < -0.39 is 0 Å². The lowest BCUT2D eigenvalue weighted by Gasteiger charge is -2.08. The van der Waals surface area contributed by atoms with Crippen LogP contribution in [0.2, 0.25) is 0 Å². The number of rotatable bonds is 12. The van der Waals surface area contributed by atoms with Crippen molar-refractivity contribution in [1.29, 1.82) is 5.26 Å². The fourth-order valence-corrected chi connectivity index (χ4v) is 2.12. The minimum Gasteiger partial charge on any atom is -0.198 e. The quantitative estimate of drug-likeness (QED) is 0.318. The van der Waals surface area contributed by atoms with Crippen LogP contribution in [0.25, 0.3) is 0 Å². The number of hydrogen-bond donors (Lipinski definition) is 0. The first-order valence-electron chi connectivity index (χ1n) is 7.35. The van der Waals surface area contributed by atoms with E-state index in [0.29, 0.717) is 5.92 Å². The Kier molecular flexibility index (Phi) is 12.7. The highest BCUT2D eigenvalue weighted by Gasteiger charge is 2.06. The Morgan fingerprint density at radius 3 is 2.12 bits per heavy atom. The second-order valence-corrected chi connectivity index (χ2v) is 4.96. The second-order valence-electron chi connectivity index (χ2n) is 4.96. The predicted octanol–water partition coefficient (Wildman–Crippen LogP) is 5.62. The molecule has 0 aliphatic heterocycles. The topological polar surface area (TPSA) is 23.8 Å². The Bertz CT molecular complexity index is 202. The average molecular weight is 235 g/mol.